The SMILES string of the molecule is COc1ccc(/C=C/[C@@H](C)O)cc1. The quantitative estimate of drug-likeness (QED) is 0.768. The van der Waals surface area contributed by atoms with Crippen LogP contribution in [0.4, 0.5) is 0 Å². The predicted octanol–water partition coefficient (Wildman–Crippen LogP) is 2.09. The first-order valence-corrected chi connectivity index (χ1v) is 4.22. The normalized spacial score (nSPS) is 13.2. The Bertz CT molecular complexity index is 273. The lowest BCUT2D eigenvalue weighted by molar-refractivity contribution is 0.245. The van der Waals surface area contributed by atoms with E-state index in [1.54, 1.807) is 20.1 Å². The molecule has 0 aliphatic rings. The summed E-state index contributed by atoms with van der Waals surface area (Å²) in [6, 6.07) is 7.67. The minimum Gasteiger partial charge on any atom is -0.497 e. The third kappa shape index (κ3) is 3.30. The summed E-state index contributed by atoms with van der Waals surface area (Å²) in [6.07, 6.45) is 3.22. The summed E-state index contributed by atoms with van der Waals surface area (Å²) in [7, 11) is 1.64. The van der Waals surface area contributed by atoms with Crippen molar-refractivity contribution in [3.8, 4) is 5.75 Å². The van der Waals surface area contributed by atoms with Crippen LogP contribution in [0.25, 0.3) is 6.08 Å². The first kappa shape index (κ1) is 9.81. The van der Waals surface area contributed by atoms with Crippen LogP contribution < -0.4 is 4.74 Å². The first-order valence-electron chi connectivity index (χ1n) is 4.22. The third-order valence-electron chi connectivity index (χ3n) is 1.68. The van der Waals surface area contributed by atoms with Gasteiger partial charge in [-0.3, -0.25) is 0 Å². The molecule has 0 radical (unpaired) electrons. The van der Waals surface area contributed by atoms with Gasteiger partial charge in [0.05, 0.1) is 13.2 Å². The lowest BCUT2D eigenvalue weighted by atomic mass is 10.2. The number of hydrogen-bond acceptors (Lipinski definition) is 2. The molecule has 1 aromatic carbocycles. The van der Waals surface area contributed by atoms with Crippen LogP contribution in [0, 0.1) is 0 Å². The summed E-state index contributed by atoms with van der Waals surface area (Å²) < 4.78 is 5.02. The number of benzene rings is 1. The summed E-state index contributed by atoms with van der Waals surface area (Å²) in [4.78, 5) is 0. The molecule has 0 aromatic heterocycles. The number of methoxy groups -OCH3 is 1. The van der Waals surface area contributed by atoms with E-state index < -0.39 is 6.10 Å². The van der Waals surface area contributed by atoms with Gasteiger partial charge in [0.25, 0.3) is 0 Å². The molecule has 2 heteroatoms. The van der Waals surface area contributed by atoms with Crippen LogP contribution in [0.2, 0.25) is 0 Å². The van der Waals surface area contributed by atoms with E-state index in [0.717, 1.165) is 11.3 Å². The van der Waals surface area contributed by atoms with E-state index in [2.05, 4.69) is 0 Å². The van der Waals surface area contributed by atoms with Gasteiger partial charge in [-0.05, 0) is 24.6 Å². The average molecular weight is 178 g/mol. The fraction of sp³-hybridized carbons (Fsp3) is 0.273. The van der Waals surface area contributed by atoms with Gasteiger partial charge < -0.3 is 9.84 Å². The van der Waals surface area contributed by atoms with E-state index in [1.165, 1.54) is 0 Å². The summed E-state index contributed by atoms with van der Waals surface area (Å²) in [5.74, 6) is 0.842. The second-order valence-corrected chi connectivity index (χ2v) is 2.87. The Balaban J connectivity index is 2.69. The summed E-state index contributed by atoms with van der Waals surface area (Å²) >= 11 is 0. The lowest BCUT2D eigenvalue weighted by Crippen LogP contribution is -1.91. The highest BCUT2D eigenvalue weighted by molar-refractivity contribution is 5.50. The Kier molecular flexibility index (Phi) is 3.53. The van der Waals surface area contributed by atoms with E-state index in [4.69, 9.17) is 9.84 Å². The van der Waals surface area contributed by atoms with Gasteiger partial charge >= 0.3 is 0 Å². The van der Waals surface area contributed by atoms with Crippen LogP contribution in [0.15, 0.2) is 30.3 Å². The van der Waals surface area contributed by atoms with Crippen molar-refractivity contribution >= 4 is 6.08 Å². The van der Waals surface area contributed by atoms with Crippen molar-refractivity contribution in [1.29, 1.82) is 0 Å². The van der Waals surface area contributed by atoms with Gasteiger partial charge in [-0.25, -0.2) is 0 Å². The van der Waals surface area contributed by atoms with Crippen molar-refractivity contribution in [1.82, 2.24) is 0 Å². The minimum absolute atomic E-state index is 0.401. The zero-order valence-electron chi connectivity index (χ0n) is 7.90. The Labute approximate surface area is 78.5 Å². The maximum atomic E-state index is 9.00. The summed E-state index contributed by atoms with van der Waals surface area (Å²) in [5.41, 5.74) is 1.06. The highest BCUT2D eigenvalue weighted by atomic mass is 16.5. The molecule has 0 saturated carbocycles. The second-order valence-electron chi connectivity index (χ2n) is 2.87. The Morgan fingerprint density at radius 3 is 2.38 bits per heavy atom. The van der Waals surface area contributed by atoms with Crippen LogP contribution >= 0.6 is 0 Å². The highest BCUT2D eigenvalue weighted by Crippen LogP contribution is 2.12. The first-order chi connectivity index (χ1) is 6.22. The number of aliphatic hydroxyl groups excluding tert-OH is 1. The van der Waals surface area contributed by atoms with Crippen LogP contribution in [-0.4, -0.2) is 18.3 Å². The fourth-order valence-electron chi connectivity index (χ4n) is 0.965. The molecule has 0 aliphatic carbocycles. The van der Waals surface area contributed by atoms with Gasteiger partial charge in [0.2, 0.25) is 0 Å². The van der Waals surface area contributed by atoms with Crippen molar-refractivity contribution in [2.24, 2.45) is 0 Å². The maximum absolute atomic E-state index is 9.00. The lowest BCUT2D eigenvalue weighted by Gasteiger charge is -1.99. The van der Waals surface area contributed by atoms with Crippen LogP contribution in [0.5, 0.6) is 5.75 Å². The van der Waals surface area contributed by atoms with Gasteiger partial charge in [-0.1, -0.05) is 24.3 Å². The van der Waals surface area contributed by atoms with Crippen LogP contribution in [0.1, 0.15) is 12.5 Å². The zero-order valence-corrected chi connectivity index (χ0v) is 7.90. The van der Waals surface area contributed by atoms with Gasteiger partial charge in [0.1, 0.15) is 5.75 Å². The molecule has 0 unspecified atom stereocenters. The zero-order chi connectivity index (χ0) is 9.68. The monoisotopic (exact) mass is 178 g/mol. The Hall–Kier alpha value is -1.28. The van der Waals surface area contributed by atoms with Crippen LogP contribution in [-0.2, 0) is 0 Å². The number of hydrogen-bond donors (Lipinski definition) is 1. The van der Waals surface area contributed by atoms with Crippen molar-refractivity contribution in [2.45, 2.75) is 13.0 Å². The average Bonchev–Trinajstić information content (AvgIpc) is 2.15. The maximum Gasteiger partial charge on any atom is 0.118 e. The molecule has 1 atom stereocenters. The molecule has 0 heterocycles. The molecule has 0 bridgehead atoms. The fourth-order valence-corrected chi connectivity index (χ4v) is 0.965. The summed E-state index contributed by atoms with van der Waals surface area (Å²) in [6.45, 7) is 1.72. The molecule has 0 aliphatic heterocycles. The number of rotatable bonds is 3. The van der Waals surface area contributed by atoms with E-state index in [-0.39, 0.29) is 0 Å². The Morgan fingerprint density at radius 1 is 1.31 bits per heavy atom. The molecule has 70 valence electrons. The molecule has 0 saturated heterocycles. The third-order valence-corrected chi connectivity index (χ3v) is 1.68. The largest absolute Gasteiger partial charge is 0.497 e. The molecular weight excluding hydrogens is 164 g/mol. The molecule has 1 rings (SSSR count). The predicted molar refractivity (Wildman–Crippen MR) is 53.7 cm³/mol. The highest BCUT2D eigenvalue weighted by Gasteiger charge is 1.90. The second kappa shape index (κ2) is 4.67. The minimum atomic E-state index is -0.401. The molecule has 1 aromatic rings. The van der Waals surface area contributed by atoms with Crippen molar-refractivity contribution in [3.05, 3.63) is 35.9 Å². The molecule has 0 spiro atoms. The van der Waals surface area contributed by atoms with Gasteiger partial charge in [-0.2, -0.15) is 0 Å². The van der Waals surface area contributed by atoms with Gasteiger partial charge in [0.15, 0.2) is 0 Å². The van der Waals surface area contributed by atoms with E-state index in [0.29, 0.717) is 0 Å². The molecule has 13 heavy (non-hydrogen) atoms. The molecule has 2 nitrogen and oxygen atoms in total. The van der Waals surface area contributed by atoms with E-state index in [1.807, 2.05) is 30.3 Å². The standard InChI is InChI=1S/C11H14O2/c1-9(12)3-4-10-5-7-11(13-2)8-6-10/h3-9,12H,1-2H3/b4-3+/t9-/m1/s1. The molecule has 0 fully saturated rings. The number of aliphatic hydroxyl groups is 1. The van der Waals surface area contributed by atoms with E-state index >= 15 is 0 Å². The molecule has 1 N–H and O–H groups in total. The topological polar surface area (TPSA) is 29.5 Å². The van der Waals surface area contributed by atoms with Crippen molar-refractivity contribution in [3.63, 3.8) is 0 Å². The number of ether oxygens (including phenoxy) is 1. The van der Waals surface area contributed by atoms with Gasteiger partial charge in [0, 0.05) is 0 Å². The molecular formula is C11H14O2. The Morgan fingerprint density at radius 2 is 1.92 bits per heavy atom. The van der Waals surface area contributed by atoms with E-state index in [9.17, 15) is 0 Å². The van der Waals surface area contributed by atoms with Crippen molar-refractivity contribution in [2.75, 3.05) is 7.11 Å². The smallest absolute Gasteiger partial charge is 0.118 e. The summed E-state index contributed by atoms with van der Waals surface area (Å²) in [5, 5.41) is 9.00. The van der Waals surface area contributed by atoms with Gasteiger partial charge in [-0.15, -0.1) is 0 Å². The van der Waals surface area contributed by atoms with Crippen LogP contribution in [0.3, 0.4) is 0 Å². The van der Waals surface area contributed by atoms with Crippen molar-refractivity contribution < 1.29 is 9.84 Å². The molecule has 0 amide bonds.